The molecular formula is C15H27NO. The molecule has 98 valence electrons. The van der Waals surface area contributed by atoms with E-state index in [9.17, 15) is 0 Å². The van der Waals surface area contributed by atoms with E-state index in [4.69, 9.17) is 4.74 Å². The highest BCUT2D eigenvalue weighted by molar-refractivity contribution is 5.10. The van der Waals surface area contributed by atoms with Gasteiger partial charge in [0.2, 0.25) is 0 Å². The van der Waals surface area contributed by atoms with Crippen molar-refractivity contribution in [3.8, 4) is 0 Å². The zero-order valence-corrected chi connectivity index (χ0v) is 11.2. The fourth-order valence-corrected chi connectivity index (χ4v) is 4.50. The van der Waals surface area contributed by atoms with Crippen molar-refractivity contribution in [1.82, 2.24) is 5.32 Å². The minimum atomic E-state index is 0.526. The van der Waals surface area contributed by atoms with Crippen LogP contribution in [0.1, 0.15) is 64.7 Å². The smallest absolute Gasteiger partial charge is 0.0661 e. The Morgan fingerprint density at radius 2 is 1.82 bits per heavy atom. The van der Waals surface area contributed by atoms with Crippen molar-refractivity contribution in [2.24, 2.45) is 5.41 Å². The normalized spacial score (nSPS) is 36.5. The monoisotopic (exact) mass is 237 g/mol. The van der Waals surface area contributed by atoms with Crippen molar-refractivity contribution < 1.29 is 4.74 Å². The summed E-state index contributed by atoms with van der Waals surface area (Å²) >= 11 is 0. The molecule has 3 aliphatic rings. The summed E-state index contributed by atoms with van der Waals surface area (Å²) in [5, 5.41) is 3.96. The van der Waals surface area contributed by atoms with Crippen LogP contribution >= 0.6 is 0 Å². The molecule has 3 fully saturated rings. The highest BCUT2D eigenvalue weighted by Gasteiger charge is 2.56. The van der Waals surface area contributed by atoms with Gasteiger partial charge in [0.15, 0.2) is 0 Å². The summed E-state index contributed by atoms with van der Waals surface area (Å²) in [6.45, 7) is 3.03. The van der Waals surface area contributed by atoms with Crippen LogP contribution in [0, 0.1) is 5.41 Å². The zero-order chi connectivity index (χ0) is 11.7. The number of nitrogens with one attached hydrogen (secondary N) is 1. The molecule has 0 aromatic heterocycles. The minimum Gasteiger partial charge on any atom is -0.378 e. The van der Waals surface area contributed by atoms with Crippen LogP contribution in [0.25, 0.3) is 0 Å². The van der Waals surface area contributed by atoms with Crippen LogP contribution < -0.4 is 5.32 Å². The lowest BCUT2D eigenvalue weighted by Gasteiger charge is -2.55. The van der Waals surface area contributed by atoms with Gasteiger partial charge in [-0.05, 0) is 39.0 Å². The first-order valence-electron chi connectivity index (χ1n) is 7.73. The molecule has 3 rings (SSSR count). The molecule has 2 heteroatoms. The highest BCUT2D eigenvalue weighted by Crippen LogP contribution is 2.55. The number of hydrogen-bond acceptors (Lipinski definition) is 2. The van der Waals surface area contributed by atoms with E-state index < -0.39 is 0 Å². The summed E-state index contributed by atoms with van der Waals surface area (Å²) in [5.41, 5.74) is 0.526. The van der Waals surface area contributed by atoms with Gasteiger partial charge in [-0.15, -0.1) is 0 Å². The van der Waals surface area contributed by atoms with Crippen molar-refractivity contribution in [2.45, 2.75) is 82.9 Å². The van der Waals surface area contributed by atoms with Crippen LogP contribution in [-0.4, -0.2) is 24.8 Å². The Kier molecular flexibility index (Phi) is 3.45. The Morgan fingerprint density at radius 1 is 1.12 bits per heavy atom. The number of ether oxygens (including phenoxy) is 1. The van der Waals surface area contributed by atoms with Crippen molar-refractivity contribution in [1.29, 1.82) is 0 Å². The molecule has 0 bridgehead atoms. The fourth-order valence-electron chi connectivity index (χ4n) is 4.50. The van der Waals surface area contributed by atoms with E-state index in [0.717, 1.165) is 18.7 Å². The molecule has 0 aromatic rings. The van der Waals surface area contributed by atoms with E-state index in [1.165, 1.54) is 57.8 Å². The van der Waals surface area contributed by atoms with Gasteiger partial charge in [0.1, 0.15) is 0 Å². The van der Waals surface area contributed by atoms with Crippen molar-refractivity contribution in [3.63, 3.8) is 0 Å². The largest absolute Gasteiger partial charge is 0.378 e. The average molecular weight is 237 g/mol. The van der Waals surface area contributed by atoms with Crippen LogP contribution in [0.5, 0.6) is 0 Å². The maximum absolute atomic E-state index is 5.97. The van der Waals surface area contributed by atoms with Crippen LogP contribution in [0.4, 0.5) is 0 Å². The molecule has 2 atom stereocenters. The second-order valence-electron chi connectivity index (χ2n) is 6.32. The second-order valence-corrected chi connectivity index (χ2v) is 6.32. The van der Waals surface area contributed by atoms with E-state index in [1.54, 1.807) is 0 Å². The van der Waals surface area contributed by atoms with Crippen LogP contribution in [0.3, 0.4) is 0 Å². The summed E-state index contributed by atoms with van der Waals surface area (Å²) in [7, 11) is 0. The molecular weight excluding hydrogens is 210 g/mol. The topological polar surface area (TPSA) is 21.3 Å². The molecule has 0 amide bonds. The van der Waals surface area contributed by atoms with Crippen LogP contribution in [-0.2, 0) is 4.74 Å². The predicted octanol–water partition coefficient (Wildman–Crippen LogP) is 3.26. The van der Waals surface area contributed by atoms with Gasteiger partial charge in [-0.3, -0.25) is 0 Å². The van der Waals surface area contributed by atoms with Crippen molar-refractivity contribution in [3.05, 3.63) is 0 Å². The van der Waals surface area contributed by atoms with Gasteiger partial charge >= 0.3 is 0 Å². The molecule has 2 nitrogen and oxygen atoms in total. The average Bonchev–Trinajstić information content (AvgIpc) is 3.00. The highest BCUT2D eigenvalue weighted by atomic mass is 16.5. The first kappa shape index (κ1) is 12.0. The van der Waals surface area contributed by atoms with Gasteiger partial charge in [-0.25, -0.2) is 0 Å². The summed E-state index contributed by atoms with van der Waals surface area (Å²) < 4.78 is 5.97. The molecule has 3 aliphatic carbocycles. The van der Waals surface area contributed by atoms with E-state index in [1.807, 2.05) is 0 Å². The molecule has 1 N–H and O–H groups in total. The van der Waals surface area contributed by atoms with E-state index in [0.29, 0.717) is 11.5 Å². The Bertz CT molecular complexity index is 254. The Labute approximate surface area is 105 Å². The number of hydrogen-bond donors (Lipinski definition) is 1. The van der Waals surface area contributed by atoms with Gasteiger partial charge in [0.25, 0.3) is 0 Å². The summed E-state index contributed by atoms with van der Waals surface area (Å²) in [4.78, 5) is 0. The summed E-state index contributed by atoms with van der Waals surface area (Å²) in [6.07, 6.45) is 13.2. The Hall–Kier alpha value is -0.0800. The number of rotatable bonds is 4. The lowest BCUT2D eigenvalue weighted by Crippen LogP contribution is -2.64. The van der Waals surface area contributed by atoms with Gasteiger partial charge in [0.05, 0.1) is 6.10 Å². The standard InChI is InChI=1S/C15H27NO/c1-2-17-14-11-13(15(14)9-5-6-10-15)16-12-7-3-4-8-12/h12-14,16H,2-11H2,1H3. The molecule has 0 aliphatic heterocycles. The fraction of sp³-hybridized carbons (Fsp3) is 1.00. The maximum atomic E-state index is 5.97. The first-order valence-corrected chi connectivity index (χ1v) is 7.73. The first-order chi connectivity index (χ1) is 8.35. The second kappa shape index (κ2) is 4.89. The Morgan fingerprint density at radius 3 is 2.47 bits per heavy atom. The molecule has 17 heavy (non-hydrogen) atoms. The van der Waals surface area contributed by atoms with Crippen molar-refractivity contribution in [2.75, 3.05) is 6.61 Å². The molecule has 1 spiro atoms. The lowest BCUT2D eigenvalue weighted by atomic mass is 9.60. The zero-order valence-electron chi connectivity index (χ0n) is 11.2. The third-order valence-corrected chi connectivity index (χ3v) is 5.48. The lowest BCUT2D eigenvalue weighted by molar-refractivity contribution is -0.132. The van der Waals surface area contributed by atoms with E-state index in [2.05, 4.69) is 12.2 Å². The van der Waals surface area contributed by atoms with Gasteiger partial charge < -0.3 is 10.1 Å². The molecule has 2 unspecified atom stereocenters. The van der Waals surface area contributed by atoms with Gasteiger partial charge in [-0.2, -0.15) is 0 Å². The maximum Gasteiger partial charge on any atom is 0.0661 e. The third kappa shape index (κ3) is 2.04. The van der Waals surface area contributed by atoms with Crippen LogP contribution in [0.2, 0.25) is 0 Å². The van der Waals surface area contributed by atoms with Gasteiger partial charge in [0, 0.05) is 24.1 Å². The van der Waals surface area contributed by atoms with E-state index >= 15 is 0 Å². The van der Waals surface area contributed by atoms with Crippen LogP contribution in [0.15, 0.2) is 0 Å². The van der Waals surface area contributed by atoms with E-state index in [-0.39, 0.29) is 0 Å². The van der Waals surface area contributed by atoms with Gasteiger partial charge in [-0.1, -0.05) is 25.7 Å². The molecule has 0 radical (unpaired) electrons. The molecule has 3 saturated carbocycles. The quantitative estimate of drug-likeness (QED) is 0.810. The molecule has 0 saturated heterocycles. The third-order valence-electron chi connectivity index (χ3n) is 5.48. The summed E-state index contributed by atoms with van der Waals surface area (Å²) in [6, 6.07) is 1.59. The molecule has 0 heterocycles. The summed E-state index contributed by atoms with van der Waals surface area (Å²) in [5.74, 6) is 0. The minimum absolute atomic E-state index is 0.526. The predicted molar refractivity (Wildman–Crippen MR) is 70.1 cm³/mol. The Balaban J connectivity index is 1.61. The van der Waals surface area contributed by atoms with Crippen molar-refractivity contribution >= 4 is 0 Å². The molecule has 0 aromatic carbocycles. The SMILES string of the molecule is CCOC1CC(NC2CCCC2)C12CCCC2.